The van der Waals surface area contributed by atoms with Gasteiger partial charge in [-0.3, -0.25) is 9.59 Å². The number of hydrogen-bond acceptors (Lipinski definition) is 6. The van der Waals surface area contributed by atoms with Crippen LogP contribution in [0.2, 0.25) is 0 Å². The Morgan fingerprint density at radius 3 is 2.31 bits per heavy atom. The highest BCUT2D eigenvalue weighted by atomic mass is 16.5. The van der Waals surface area contributed by atoms with Gasteiger partial charge in [0.1, 0.15) is 24.1 Å². The first kappa shape index (κ1) is 29.6. The molecule has 0 aliphatic rings. The number of nitrogens with one attached hydrogen (secondary N) is 1. The number of anilines is 2. The largest absolute Gasteiger partial charge is 0.497 e. The van der Waals surface area contributed by atoms with Crippen molar-refractivity contribution in [2.24, 2.45) is 0 Å². The van der Waals surface area contributed by atoms with E-state index in [1.165, 1.54) is 6.08 Å². The fourth-order valence-corrected chi connectivity index (χ4v) is 4.41. The number of carbonyl (C=O) groups is 3. The van der Waals surface area contributed by atoms with E-state index < -0.39 is 12.0 Å². The molecule has 0 radical (unpaired) electrons. The van der Waals surface area contributed by atoms with Crippen molar-refractivity contribution >= 4 is 29.0 Å². The Bertz CT molecular complexity index is 1540. The lowest BCUT2D eigenvalue weighted by atomic mass is 10.00. The van der Waals surface area contributed by atoms with Crippen molar-refractivity contribution in [3.63, 3.8) is 0 Å². The lowest BCUT2D eigenvalue weighted by Gasteiger charge is -2.22. The summed E-state index contributed by atoms with van der Waals surface area (Å²) in [5.41, 5.74) is 2.81. The summed E-state index contributed by atoms with van der Waals surface area (Å²) in [5, 5.41) is 13.0. The second kappa shape index (κ2) is 14.3. The molecule has 0 unspecified atom stereocenters. The molecule has 1 atom stereocenters. The van der Waals surface area contributed by atoms with E-state index in [-0.39, 0.29) is 31.3 Å². The lowest BCUT2D eigenvalue weighted by molar-refractivity contribution is -0.137. The minimum atomic E-state index is -1.04. The second-order valence-electron chi connectivity index (χ2n) is 9.37. The van der Waals surface area contributed by atoms with Crippen molar-refractivity contribution in [2.45, 2.75) is 12.5 Å². The van der Waals surface area contributed by atoms with Gasteiger partial charge in [-0.1, -0.05) is 67.2 Å². The van der Waals surface area contributed by atoms with Gasteiger partial charge in [-0.2, -0.15) is 0 Å². The number of hydrogen-bond donors (Lipinski definition) is 2. The third-order valence-corrected chi connectivity index (χ3v) is 6.59. The van der Waals surface area contributed by atoms with Gasteiger partial charge in [0, 0.05) is 35.0 Å². The molecule has 8 heteroatoms. The number of para-hydroxylation sites is 1. The quantitative estimate of drug-likeness (QED) is 0.151. The molecule has 0 aromatic heterocycles. The molecule has 0 fully saturated rings. The molecule has 2 N–H and O–H groups in total. The van der Waals surface area contributed by atoms with E-state index in [1.54, 1.807) is 103 Å². The molecule has 4 rings (SSSR count). The van der Waals surface area contributed by atoms with Gasteiger partial charge in [0.15, 0.2) is 5.78 Å². The monoisotopic (exact) mass is 564 g/mol. The molecule has 0 aliphatic heterocycles. The average Bonchev–Trinajstić information content (AvgIpc) is 3.03. The first-order chi connectivity index (χ1) is 20.4. The number of nitrogens with zero attached hydrogens (tertiary/aromatic N) is 1. The lowest BCUT2D eigenvalue weighted by Crippen LogP contribution is -2.33. The van der Waals surface area contributed by atoms with Gasteiger partial charge >= 0.3 is 5.97 Å². The number of carboxylic acids is 1. The number of carboxylic acid groups (broad SMARTS) is 1. The van der Waals surface area contributed by atoms with Crippen LogP contribution in [0.25, 0.3) is 0 Å². The van der Waals surface area contributed by atoms with Gasteiger partial charge < -0.3 is 24.8 Å². The molecule has 4 aromatic rings. The Hall–Kier alpha value is -5.37. The standard InChI is InChI=1S/C34H32N2O6/c1-3-32(37)36(26-12-9-13-28(23-26)41-2)20-21-42-27-18-16-24(17-19-27)22-31(34(39)40)35-30-15-8-7-14-29(30)33(38)25-10-5-4-6-11-25/h3-19,23,31,35H,1,20-22H2,2H3,(H,39,40)/t31-/m0/s1. The number of ketones is 1. The maximum Gasteiger partial charge on any atom is 0.326 e. The summed E-state index contributed by atoms with van der Waals surface area (Å²) >= 11 is 0. The van der Waals surface area contributed by atoms with Crippen LogP contribution in [0.3, 0.4) is 0 Å². The summed E-state index contributed by atoms with van der Waals surface area (Å²) in [6.07, 6.45) is 1.43. The zero-order valence-corrected chi connectivity index (χ0v) is 23.2. The Labute approximate surface area is 244 Å². The van der Waals surface area contributed by atoms with Crippen molar-refractivity contribution in [1.82, 2.24) is 0 Å². The summed E-state index contributed by atoms with van der Waals surface area (Å²) in [6, 6.07) is 29.0. The molecule has 0 bridgehead atoms. The van der Waals surface area contributed by atoms with Crippen molar-refractivity contribution in [3.8, 4) is 11.5 Å². The van der Waals surface area contributed by atoms with Gasteiger partial charge in [0.05, 0.1) is 13.7 Å². The predicted octanol–water partition coefficient (Wildman–Crippen LogP) is 5.63. The number of rotatable bonds is 14. The van der Waals surface area contributed by atoms with E-state index in [4.69, 9.17) is 9.47 Å². The zero-order chi connectivity index (χ0) is 29.9. The average molecular weight is 565 g/mol. The third kappa shape index (κ3) is 7.63. The second-order valence-corrected chi connectivity index (χ2v) is 9.37. The molecule has 8 nitrogen and oxygen atoms in total. The van der Waals surface area contributed by atoms with E-state index in [0.29, 0.717) is 34.0 Å². The van der Waals surface area contributed by atoms with E-state index in [1.807, 2.05) is 12.1 Å². The molecule has 0 heterocycles. The number of amides is 1. The third-order valence-electron chi connectivity index (χ3n) is 6.59. The Kier molecular flexibility index (Phi) is 10.1. The van der Waals surface area contributed by atoms with Gasteiger partial charge in [-0.15, -0.1) is 0 Å². The fourth-order valence-electron chi connectivity index (χ4n) is 4.41. The van der Waals surface area contributed by atoms with E-state index in [0.717, 1.165) is 5.56 Å². The first-order valence-electron chi connectivity index (χ1n) is 13.4. The van der Waals surface area contributed by atoms with Crippen LogP contribution in [-0.4, -0.2) is 49.1 Å². The van der Waals surface area contributed by atoms with Crippen LogP contribution in [0.15, 0.2) is 116 Å². The molecule has 0 saturated heterocycles. The highest BCUT2D eigenvalue weighted by molar-refractivity contribution is 6.12. The minimum absolute atomic E-state index is 0.181. The number of ether oxygens (including phenoxy) is 2. The highest BCUT2D eigenvalue weighted by Crippen LogP contribution is 2.23. The Morgan fingerprint density at radius 2 is 1.62 bits per heavy atom. The zero-order valence-electron chi connectivity index (χ0n) is 23.2. The molecule has 1 amide bonds. The molecule has 42 heavy (non-hydrogen) atoms. The summed E-state index contributed by atoms with van der Waals surface area (Å²) in [4.78, 5) is 39.2. The maximum absolute atomic E-state index is 13.1. The Balaban J connectivity index is 1.39. The minimum Gasteiger partial charge on any atom is -0.497 e. The normalized spacial score (nSPS) is 11.2. The van der Waals surface area contributed by atoms with Crippen molar-refractivity contribution in [2.75, 3.05) is 30.5 Å². The number of methoxy groups -OCH3 is 1. The molecule has 0 aliphatic carbocycles. The van der Waals surface area contributed by atoms with Gasteiger partial charge in [-0.05, 0) is 48.0 Å². The highest BCUT2D eigenvalue weighted by Gasteiger charge is 2.21. The van der Waals surface area contributed by atoms with E-state index >= 15 is 0 Å². The molecular weight excluding hydrogens is 532 g/mol. The van der Waals surface area contributed by atoms with E-state index in [2.05, 4.69) is 11.9 Å². The van der Waals surface area contributed by atoms with Crippen LogP contribution in [0.1, 0.15) is 21.5 Å². The number of benzene rings is 4. The van der Waals surface area contributed by atoms with Crippen LogP contribution in [0.5, 0.6) is 11.5 Å². The molecule has 0 spiro atoms. The van der Waals surface area contributed by atoms with Crippen LogP contribution < -0.4 is 19.7 Å². The summed E-state index contributed by atoms with van der Waals surface area (Å²) in [5.74, 6) is -0.285. The number of aliphatic carboxylic acids is 1. The number of carbonyl (C=O) groups excluding carboxylic acids is 2. The van der Waals surface area contributed by atoms with E-state index in [9.17, 15) is 19.5 Å². The smallest absolute Gasteiger partial charge is 0.326 e. The maximum atomic E-state index is 13.1. The van der Waals surface area contributed by atoms with Crippen LogP contribution >= 0.6 is 0 Å². The summed E-state index contributed by atoms with van der Waals surface area (Å²) in [7, 11) is 1.56. The summed E-state index contributed by atoms with van der Waals surface area (Å²) < 4.78 is 11.1. The topological polar surface area (TPSA) is 105 Å². The molecular formula is C34H32N2O6. The predicted molar refractivity (Wildman–Crippen MR) is 163 cm³/mol. The van der Waals surface area contributed by atoms with Crippen molar-refractivity contribution in [1.29, 1.82) is 0 Å². The molecule has 4 aromatic carbocycles. The van der Waals surface area contributed by atoms with Crippen molar-refractivity contribution < 1.29 is 29.0 Å². The SMILES string of the molecule is C=CC(=O)N(CCOc1ccc(C[C@H](Nc2ccccc2C(=O)c2ccccc2)C(=O)O)cc1)c1cccc(OC)c1. The van der Waals surface area contributed by atoms with Crippen LogP contribution in [0, 0.1) is 0 Å². The van der Waals surface area contributed by atoms with Gasteiger partial charge in [0.2, 0.25) is 5.91 Å². The first-order valence-corrected chi connectivity index (χ1v) is 13.4. The van der Waals surface area contributed by atoms with Gasteiger partial charge in [-0.25, -0.2) is 4.79 Å². The molecule has 214 valence electrons. The Morgan fingerprint density at radius 1 is 0.905 bits per heavy atom. The van der Waals surface area contributed by atoms with Crippen molar-refractivity contribution in [3.05, 3.63) is 132 Å². The summed E-state index contributed by atoms with van der Waals surface area (Å²) in [6.45, 7) is 4.10. The fraction of sp³-hybridized carbons (Fsp3) is 0.147. The van der Waals surface area contributed by atoms with Crippen LogP contribution in [0.4, 0.5) is 11.4 Å². The van der Waals surface area contributed by atoms with Crippen LogP contribution in [-0.2, 0) is 16.0 Å². The molecule has 0 saturated carbocycles. The van der Waals surface area contributed by atoms with Gasteiger partial charge in [0.25, 0.3) is 0 Å².